The third-order valence-corrected chi connectivity index (χ3v) is 3.57. The molecule has 0 aliphatic carbocycles. The highest BCUT2D eigenvalue weighted by atomic mass is 16.5. The number of nitrogens with one attached hydrogen (secondary N) is 1. The lowest BCUT2D eigenvalue weighted by molar-refractivity contribution is 0.271. The van der Waals surface area contributed by atoms with Crippen LogP contribution in [0.2, 0.25) is 0 Å². The minimum Gasteiger partial charge on any atom is -0.496 e. The molecule has 0 aromatic heterocycles. The molecule has 0 aliphatic heterocycles. The fraction of sp³-hybridized carbons (Fsp3) is 0.400. The zero-order valence-corrected chi connectivity index (χ0v) is 14.3. The molecule has 2 aromatic rings. The van der Waals surface area contributed by atoms with Crippen LogP contribution in [-0.2, 0) is 13.0 Å². The van der Waals surface area contributed by atoms with Crippen molar-refractivity contribution in [3.8, 4) is 11.5 Å². The summed E-state index contributed by atoms with van der Waals surface area (Å²) in [6.45, 7) is 6.82. The summed E-state index contributed by atoms with van der Waals surface area (Å²) in [5, 5.41) is 3.48. The smallest absolute Gasteiger partial charge is 0.122 e. The van der Waals surface area contributed by atoms with E-state index in [-0.39, 0.29) is 0 Å². The molecule has 0 spiro atoms. The summed E-state index contributed by atoms with van der Waals surface area (Å²) in [6.07, 6.45) is 0.952. The molecule has 0 saturated carbocycles. The fourth-order valence-electron chi connectivity index (χ4n) is 2.37. The molecule has 0 amide bonds. The van der Waals surface area contributed by atoms with E-state index in [1.165, 1.54) is 11.1 Å². The Morgan fingerprint density at radius 3 is 2.65 bits per heavy atom. The predicted octanol–water partition coefficient (Wildman–Crippen LogP) is 4.06. The molecular weight excluding hydrogens is 286 g/mol. The van der Waals surface area contributed by atoms with Gasteiger partial charge in [0.05, 0.1) is 13.7 Å². The highest BCUT2D eigenvalue weighted by molar-refractivity contribution is 5.33. The van der Waals surface area contributed by atoms with E-state index in [2.05, 4.69) is 37.4 Å². The molecule has 2 aromatic carbocycles. The van der Waals surface area contributed by atoms with E-state index in [1.54, 1.807) is 7.11 Å². The van der Waals surface area contributed by atoms with Gasteiger partial charge in [0.2, 0.25) is 0 Å². The first kappa shape index (κ1) is 17.4. The Bertz CT molecular complexity index is 596. The van der Waals surface area contributed by atoms with Gasteiger partial charge < -0.3 is 14.8 Å². The summed E-state index contributed by atoms with van der Waals surface area (Å²) in [5.41, 5.74) is 2.47. The second-order valence-corrected chi connectivity index (χ2v) is 6.09. The van der Waals surface area contributed by atoms with Crippen LogP contribution in [0.25, 0.3) is 0 Å². The Morgan fingerprint density at radius 1 is 1.04 bits per heavy atom. The highest BCUT2D eigenvalue weighted by Crippen LogP contribution is 2.17. The SMILES string of the molecule is COc1ccccc1CCNCc1cccc(OCC(C)C)c1. The first-order valence-electron chi connectivity index (χ1n) is 8.23. The molecular formula is C20H27NO2. The van der Waals surface area contributed by atoms with E-state index < -0.39 is 0 Å². The summed E-state index contributed by atoms with van der Waals surface area (Å²) in [5.74, 6) is 2.44. The monoisotopic (exact) mass is 313 g/mol. The lowest BCUT2D eigenvalue weighted by atomic mass is 10.1. The van der Waals surface area contributed by atoms with Crippen LogP contribution >= 0.6 is 0 Å². The summed E-state index contributed by atoms with van der Waals surface area (Å²) in [4.78, 5) is 0. The Labute approximate surface area is 139 Å². The van der Waals surface area contributed by atoms with Crippen molar-refractivity contribution in [2.24, 2.45) is 5.92 Å². The third kappa shape index (κ3) is 5.95. The topological polar surface area (TPSA) is 30.5 Å². The van der Waals surface area contributed by atoms with Crippen molar-refractivity contribution in [2.75, 3.05) is 20.3 Å². The van der Waals surface area contributed by atoms with E-state index in [9.17, 15) is 0 Å². The quantitative estimate of drug-likeness (QED) is 0.708. The second kappa shape index (κ2) is 9.21. The van der Waals surface area contributed by atoms with Gasteiger partial charge >= 0.3 is 0 Å². The van der Waals surface area contributed by atoms with Crippen molar-refractivity contribution < 1.29 is 9.47 Å². The molecule has 3 heteroatoms. The number of para-hydroxylation sites is 1. The molecule has 0 radical (unpaired) electrons. The lowest BCUT2D eigenvalue weighted by Gasteiger charge is -2.11. The molecule has 0 unspecified atom stereocenters. The third-order valence-electron chi connectivity index (χ3n) is 3.57. The van der Waals surface area contributed by atoms with Gasteiger partial charge in [0, 0.05) is 6.54 Å². The van der Waals surface area contributed by atoms with E-state index in [1.807, 2.05) is 30.3 Å². The van der Waals surface area contributed by atoms with Gasteiger partial charge in [0.25, 0.3) is 0 Å². The molecule has 0 fully saturated rings. The Balaban J connectivity index is 1.79. The number of hydrogen-bond acceptors (Lipinski definition) is 3. The minimum atomic E-state index is 0.539. The van der Waals surface area contributed by atoms with Crippen LogP contribution in [0.3, 0.4) is 0 Å². The van der Waals surface area contributed by atoms with Gasteiger partial charge in [-0.15, -0.1) is 0 Å². The average molecular weight is 313 g/mol. The summed E-state index contributed by atoms with van der Waals surface area (Å²) < 4.78 is 11.1. The van der Waals surface area contributed by atoms with Gasteiger partial charge in [0.15, 0.2) is 0 Å². The highest BCUT2D eigenvalue weighted by Gasteiger charge is 2.02. The largest absolute Gasteiger partial charge is 0.496 e. The Kier molecular flexibility index (Phi) is 6.95. The van der Waals surface area contributed by atoms with Gasteiger partial charge in [-0.25, -0.2) is 0 Å². The van der Waals surface area contributed by atoms with Crippen LogP contribution in [0, 0.1) is 5.92 Å². The zero-order valence-electron chi connectivity index (χ0n) is 14.3. The van der Waals surface area contributed by atoms with Gasteiger partial charge in [-0.05, 0) is 48.2 Å². The van der Waals surface area contributed by atoms with E-state index in [0.29, 0.717) is 5.92 Å². The summed E-state index contributed by atoms with van der Waals surface area (Å²) >= 11 is 0. The molecule has 0 atom stereocenters. The molecule has 2 rings (SSSR count). The molecule has 23 heavy (non-hydrogen) atoms. The molecule has 3 nitrogen and oxygen atoms in total. The van der Waals surface area contributed by atoms with Crippen LogP contribution in [0.5, 0.6) is 11.5 Å². The first-order valence-corrected chi connectivity index (χ1v) is 8.23. The average Bonchev–Trinajstić information content (AvgIpc) is 2.57. The van der Waals surface area contributed by atoms with Crippen LogP contribution in [0.15, 0.2) is 48.5 Å². The van der Waals surface area contributed by atoms with Crippen molar-refractivity contribution in [2.45, 2.75) is 26.8 Å². The van der Waals surface area contributed by atoms with E-state index in [4.69, 9.17) is 9.47 Å². The normalized spacial score (nSPS) is 10.8. The fourth-order valence-corrected chi connectivity index (χ4v) is 2.37. The van der Waals surface area contributed by atoms with Crippen molar-refractivity contribution in [1.82, 2.24) is 5.32 Å². The number of hydrogen-bond donors (Lipinski definition) is 1. The molecule has 0 saturated heterocycles. The minimum absolute atomic E-state index is 0.539. The maximum atomic E-state index is 5.77. The maximum absolute atomic E-state index is 5.77. The van der Waals surface area contributed by atoms with Gasteiger partial charge in [0.1, 0.15) is 11.5 Å². The molecule has 1 N–H and O–H groups in total. The van der Waals surface area contributed by atoms with Crippen LogP contribution in [0.4, 0.5) is 0 Å². The van der Waals surface area contributed by atoms with E-state index in [0.717, 1.165) is 37.6 Å². The lowest BCUT2D eigenvalue weighted by Crippen LogP contribution is -2.17. The first-order chi connectivity index (χ1) is 11.2. The van der Waals surface area contributed by atoms with Gasteiger partial charge in [-0.3, -0.25) is 0 Å². The molecule has 124 valence electrons. The van der Waals surface area contributed by atoms with Crippen LogP contribution in [0.1, 0.15) is 25.0 Å². The predicted molar refractivity (Wildman–Crippen MR) is 95.2 cm³/mol. The number of methoxy groups -OCH3 is 1. The zero-order chi connectivity index (χ0) is 16.5. The van der Waals surface area contributed by atoms with Crippen LogP contribution < -0.4 is 14.8 Å². The van der Waals surface area contributed by atoms with Crippen LogP contribution in [-0.4, -0.2) is 20.3 Å². The maximum Gasteiger partial charge on any atom is 0.122 e. The Morgan fingerprint density at radius 2 is 1.87 bits per heavy atom. The number of rotatable bonds is 9. The van der Waals surface area contributed by atoms with E-state index >= 15 is 0 Å². The summed E-state index contributed by atoms with van der Waals surface area (Å²) in [7, 11) is 1.72. The Hall–Kier alpha value is -2.00. The van der Waals surface area contributed by atoms with Gasteiger partial charge in [-0.2, -0.15) is 0 Å². The number of benzene rings is 2. The molecule has 0 aliphatic rings. The number of ether oxygens (including phenoxy) is 2. The summed E-state index contributed by atoms with van der Waals surface area (Å²) in [6, 6.07) is 16.5. The van der Waals surface area contributed by atoms with Gasteiger partial charge in [-0.1, -0.05) is 44.2 Å². The standard InChI is InChI=1S/C20H27NO2/c1-16(2)15-23-19-9-6-7-17(13-19)14-21-12-11-18-8-4-5-10-20(18)22-3/h4-10,13,16,21H,11-12,14-15H2,1-3H3. The molecule has 0 heterocycles. The van der Waals surface area contributed by atoms with Crippen molar-refractivity contribution in [3.63, 3.8) is 0 Å². The second-order valence-electron chi connectivity index (χ2n) is 6.09. The van der Waals surface area contributed by atoms with Crippen molar-refractivity contribution in [3.05, 3.63) is 59.7 Å². The van der Waals surface area contributed by atoms with Crippen molar-refractivity contribution >= 4 is 0 Å². The molecule has 0 bridgehead atoms. The van der Waals surface area contributed by atoms with Crippen molar-refractivity contribution in [1.29, 1.82) is 0 Å².